The number of ether oxygens (including phenoxy) is 2. The first-order valence-corrected chi connectivity index (χ1v) is 16.2. The van der Waals surface area contributed by atoms with Gasteiger partial charge in [0.1, 0.15) is 17.6 Å². The number of benzene rings is 2. The first-order chi connectivity index (χ1) is 22.1. The van der Waals surface area contributed by atoms with Gasteiger partial charge in [-0.2, -0.15) is 0 Å². The van der Waals surface area contributed by atoms with Gasteiger partial charge in [-0.15, -0.1) is 0 Å². The maximum atomic E-state index is 10.00. The zero-order valence-corrected chi connectivity index (χ0v) is 27.8. The van der Waals surface area contributed by atoms with Crippen LogP contribution in [0.4, 0.5) is 0 Å². The Morgan fingerprint density at radius 2 is 1.22 bits per heavy atom. The summed E-state index contributed by atoms with van der Waals surface area (Å²) in [6.45, 7) is 8.23. The van der Waals surface area contributed by atoms with Gasteiger partial charge in [0.05, 0.1) is 44.6 Å². The standard InChI is InChI=1S/C17H28BNO4.C17H26BNO4/c2*1-3-4-5-12-23-15-9-6-14(7-10-15)8-11-17(21)16(13-20)19-18(2)22/h6-11,16-17,19-22H,3-5,12-13H2,1-2H3;6-7,9-10,16-17,19-22H,3-5,12-13H2,1-2H3/b11-8+;/t2*16-,17+/m11/s1. The van der Waals surface area contributed by atoms with E-state index in [0.29, 0.717) is 6.61 Å². The molecule has 0 amide bonds. The lowest BCUT2D eigenvalue weighted by Gasteiger charge is -2.20. The molecule has 0 spiro atoms. The Hall–Kier alpha value is -2.85. The predicted octanol–water partition coefficient (Wildman–Crippen LogP) is 2.72. The van der Waals surface area contributed by atoms with Crippen LogP contribution in [0, 0.1) is 11.8 Å². The van der Waals surface area contributed by atoms with Crippen LogP contribution < -0.4 is 19.9 Å². The fraction of sp³-hybridized carbons (Fsp3) is 0.529. The van der Waals surface area contributed by atoms with Gasteiger partial charge >= 0.3 is 14.1 Å². The van der Waals surface area contributed by atoms with Crippen molar-refractivity contribution in [2.75, 3.05) is 26.4 Å². The van der Waals surface area contributed by atoms with Gasteiger partial charge in [-0.25, -0.2) is 0 Å². The minimum Gasteiger partial charge on any atom is -0.494 e. The summed E-state index contributed by atoms with van der Waals surface area (Å²) in [5, 5.41) is 62.1. The molecule has 0 unspecified atom stereocenters. The lowest BCUT2D eigenvalue weighted by molar-refractivity contribution is 0.133. The SMILES string of the molecule is CCCCCOc1ccc(/C=C/[C@H](O)[C@@H](CO)NB(C)O)cc1.CCCCCOc1ccc(C#C[C@H](O)[C@@H](CO)NB(C)O)cc1. The topological polar surface area (TPSA) is 164 Å². The van der Waals surface area contributed by atoms with Crippen LogP contribution >= 0.6 is 0 Å². The molecule has 2 aromatic carbocycles. The van der Waals surface area contributed by atoms with Crippen LogP contribution in [0.25, 0.3) is 6.08 Å². The highest BCUT2D eigenvalue weighted by atomic mass is 16.5. The second-order valence-corrected chi connectivity index (χ2v) is 11.0. The van der Waals surface area contributed by atoms with Gasteiger partial charge in [-0.05, 0) is 68.4 Å². The second kappa shape index (κ2) is 25.3. The Bertz CT molecular complexity index is 1120. The van der Waals surface area contributed by atoms with E-state index in [-0.39, 0.29) is 13.2 Å². The summed E-state index contributed by atoms with van der Waals surface area (Å²) in [5.41, 5.74) is 1.68. The Morgan fingerprint density at radius 3 is 1.67 bits per heavy atom. The Morgan fingerprint density at radius 1 is 0.739 bits per heavy atom. The minimum atomic E-state index is -1.07. The van der Waals surface area contributed by atoms with Crippen molar-refractivity contribution in [1.29, 1.82) is 0 Å². The molecule has 0 aliphatic carbocycles. The summed E-state index contributed by atoms with van der Waals surface area (Å²) < 4.78 is 11.3. The van der Waals surface area contributed by atoms with E-state index in [0.717, 1.165) is 48.5 Å². The molecule has 0 saturated carbocycles. The van der Waals surface area contributed by atoms with E-state index in [2.05, 4.69) is 36.1 Å². The largest absolute Gasteiger partial charge is 0.494 e. The number of hydrogen-bond donors (Lipinski definition) is 8. The Kier molecular flexibility index (Phi) is 22.6. The summed E-state index contributed by atoms with van der Waals surface area (Å²) >= 11 is 0. The molecule has 254 valence electrons. The van der Waals surface area contributed by atoms with E-state index in [4.69, 9.17) is 9.47 Å². The molecule has 46 heavy (non-hydrogen) atoms. The quantitative estimate of drug-likeness (QED) is 0.0614. The number of rotatable bonds is 20. The molecule has 4 atom stereocenters. The summed E-state index contributed by atoms with van der Waals surface area (Å²) in [6.07, 6.45) is 8.18. The molecule has 0 saturated heterocycles. The highest BCUT2D eigenvalue weighted by molar-refractivity contribution is 6.45. The van der Waals surface area contributed by atoms with Crippen molar-refractivity contribution < 1.29 is 39.9 Å². The number of unbranched alkanes of at least 4 members (excludes halogenated alkanes) is 4. The van der Waals surface area contributed by atoms with Gasteiger partial charge in [0.25, 0.3) is 0 Å². The summed E-state index contributed by atoms with van der Waals surface area (Å²) in [7, 11) is -1.62. The van der Waals surface area contributed by atoms with Gasteiger partial charge in [0.15, 0.2) is 0 Å². The third-order valence-corrected chi connectivity index (χ3v) is 6.72. The van der Waals surface area contributed by atoms with E-state index in [1.165, 1.54) is 26.1 Å². The highest BCUT2D eigenvalue weighted by Crippen LogP contribution is 2.15. The van der Waals surface area contributed by atoms with Crippen LogP contribution in [0.15, 0.2) is 54.6 Å². The summed E-state index contributed by atoms with van der Waals surface area (Å²) in [5.74, 6) is 7.15. The van der Waals surface area contributed by atoms with Crippen LogP contribution in [0.5, 0.6) is 11.5 Å². The number of aliphatic hydroxyl groups is 4. The van der Waals surface area contributed by atoms with Gasteiger partial charge in [-0.1, -0.05) is 75.7 Å². The molecule has 0 heterocycles. The zero-order valence-electron chi connectivity index (χ0n) is 27.8. The first kappa shape index (κ1) is 41.2. The number of aliphatic hydroxyl groups excluding tert-OH is 4. The second-order valence-electron chi connectivity index (χ2n) is 11.0. The van der Waals surface area contributed by atoms with Crippen molar-refractivity contribution in [3.63, 3.8) is 0 Å². The average Bonchev–Trinajstić information content (AvgIpc) is 3.05. The lowest BCUT2D eigenvalue weighted by atomic mass is 9.86. The first-order valence-electron chi connectivity index (χ1n) is 16.2. The van der Waals surface area contributed by atoms with Crippen LogP contribution in [0.3, 0.4) is 0 Å². The summed E-state index contributed by atoms with van der Waals surface area (Å²) in [4.78, 5) is 0. The smallest absolute Gasteiger partial charge is 0.374 e. The lowest BCUT2D eigenvalue weighted by Crippen LogP contribution is -2.48. The molecule has 2 rings (SSSR count). The molecule has 0 aromatic heterocycles. The highest BCUT2D eigenvalue weighted by Gasteiger charge is 2.19. The monoisotopic (exact) mass is 640 g/mol. The zero-order chi connectivity index (χ0) is 34.2. The van der Waals surface area contributed by atoms with E-state index in [9.17, 15) is 30.5 Å². The molecule has 10 nitrogen and oxygen atoms in total. The van der Waals surface area contributed by atoms with Crippen molar-refractivity contribution in [3.05, 3.63) is 65.7 Å². The predicted molar refractivity (Wildman–Crippen MR) is 187 cm³/mol. The van der Waals surface area contributed by atoms with Gasteiger partial charge in [0.2, 0.25) is 0 Å². The minimum absolute atomic E-state index is 0.263. The normalized spacial score (nSPS) is 13.4. The van der Waals surface area contributed by atoms with Crippen molar-refractivity contribution in [3.8, 4) is 23.3 Å². The van der Waals surface area contributed by atoms with Crippen molar-refractivity contribution in [1.82, 2.24) is 10.5 Å². The molecule has 12 heteroatoms. The average molecular weight is 640 g/mol. The summed E-state index contributed by atoms with van der Waals surface area (Å²) in [6, 6.07) is 13.7. The fourth-order valence-corrected chi connectivity index (χ4v) is 4.12. The van der Waals surface area contributed by atoms with Crippen LogP contribution in [0.2, 0.25) is 13.6 Å². The van der Waals surface area contributed by atoms with E-state index in [1.807, 2.05) is 48.5 Å². The number of nitrogens with one attached hydrogen (secondary N) is 2. The van der Waals surface area contributed by atoms with E-state index < -0.39 is 38.4 Å². The van der Waals surface area contributed by atoms with Crippen molar-refractivity contribution >= 4 is 20.2 Å². The van der Waals surface area contributed by atoms with Crippen LogP contribution in [-0.2, 0) is 0 Å². The molecule has 8 N–H and O–H groups in total. The van der Waals surface area contributed by atoms with Gasteiger partial charge in [-0.3, -0.25) is 0 Å². The third kappa shape index (κ3) is 19.0. The maximum absolute atomic E-state index is 10.00. The molecule has 2 aromatic rings. The Labute approximate surface area is 276 Å². The van der Waals surface area contributed by atoms with E-state index in [1.54, 1.807) is 19.0 Å². The third-order valence-electron chi connectivity index (χ3n) is 6.72. The maximum Gasteiger partial charge on any atom is 0.374 e. The van der Waals surface area contributed by atoms with E-state index >= 15 is 0 Å². The van der Waals surface area contributed by atoms with Crippen LogP contribution in [-0.4, -0.2) is 95.3 Å². The molecular formula is C34H54B2N2O8. The van der Waals surface area contributed by atoms with Crippen molar-refractivity contribution in [2.24, 2.45) is 0 Å². The Balaban J connectivity index is 0.000000460. The molecule has 0 radical (unpaired) electrons. The fourth-order valence-electron chi connectivity index (χ4n) is 4.12. The van der Waals surface area contributed by atoms with Gasteiger partial charge < -0.3 is 50.4 Å². The molecule has 0 aliphatic heterocycles. The van der Waals surface area contributed by atoms with Crippen LogP contribution in [0.1, 0.15) is 63.5 Å². The molecule has 0 fully saturated rings. The molecule has 0 aliphatic rings. The number of hydrogen-bond acceptors (Lipinski definition) is 10. The molecule has 0 bridgehead atoms. The molecular weight excluding hydrogens is 586 g/mol. The van der Waals surface area contributed by atoms with Gasteiger partial charge in [0, 0.05) is 5.56 Å². The van der Waals surface area contributed by atoms with Crippen molar-refractivity contribution in [2.45, 2.75) is 90.3 Å².